The highest BCUT2D eigenvalue weighted by atomic mass is 16.3. The lowest BCUT2D eigenvalue weighted by Gasteiger charge is -2.34. The van der Waals surface area contributed by atoms with Crippen LogP contribution >= 0.6 is 0 Å². The predicted octanol–water partition coefficient (Wildman–Crippen LogP) is 7.64. The first-order valence-electron chi connectivity index (χ1n) is 12.8. The SMILES string of the molecule is CC1C(=C(c2ccccc2)c2ccccc2)c2ccc(CC(O)(c3ccccc3)c3ccccc3)nc21. The Kier molecular flexibility index (Phi) is 6.04. The highest BCUT2D eigenvalue weighted by Crippen LogP contribution is 2.50. The molecule has 4 aromatic carbocycles. The molecule has 1 N–H and O–H groups in total. The van der Waals surface area contributed by atoms with E-state index in [1.807, 2.05) is 60.7 Å². The molecule has 0 amide bonds. The zero-order chi connectivity index (χ0) is 25.2. The van der Waals surface area contributed by atoms with E-state index in [1.165, 1.54) is 27.8 Å². The molecule has 0 radical (unpaired) electrons. The Hall–Kier alpha value is -4.27. The van der Waals surface area contributed by atoms with Crippen LogP contribution in [0.4, 0.5) is 0 Å². The first-order chi connectivity index (χ1) is 18.1. The lowest BCUT2D eigenvalue weighted by Crippen LogP contribution is -2.31. The van der Waals surface area contributed by atoms with Gasteiger partial charge in [-0.3, -0.25) is 4.98 Å². The van der Waals surface area contributed by atoms with Gasteiger partial charge in [0.15, 0.2) is 0 Å². The molecule has 180 valence electrons. The number of hydrogen-bond donors (Lipinski definition) is 1. The van der Waals surface area contributed by atoms with Crippen LogP contribution in [0.5, 0.6) is 0 Å². The Morgan fingerprint density at radius 3 is 1.59 bits per heavy atom. The zero-order valence-electron chi connectivity index (χ0n) is 20.9. The van der Waals surface area contributed by atoms with Crippen molar-refractivity contribution in [1.29, 1.82) is 0 Å². The summed E-state index contributed by atoms with van der Waals surface area (Å²) in [5.74, 6) is 0.201. The van der Waals surface area contributed by atoms with Gasteiger partial charge >= 0.3 is 0 Å². The molecule has 0 saturated carbocycles. The second-order valence-corrected chi connectivity index (χ2v) is 9.75. The van der Waals surface area contributed by atoms with Crippen molar-refractivity contribution in [3.05, 3.63) is 173 Å². The van der Waals surface area contributed by atoms with Gasteiger partial charge in [0.05, 0.1) is 5.69 Å². The lowest BCUT2D eigenvalue weighted by molar-refractivity contribution is 0.0800. The van der Waals surface area contributed by atoms with Gasteiger partial charge in [-0.25, -0.2) is 0 Å². The van der Waals surface area contributed by atoms with Crippen LogP contribution in [-0.4, -0.2) is 10.1 Å². The predicted molar refractivity (Wildman–Crippen MR) is 151 cm³/mol. The van der Waals surface area contributed by atoms with Crippen molar-refractivity contribution in [3.8, 4) is 0 Å². The van der Waals surface area contributed by atoms with Gasteiger partial charge in [-0.15, -0.1) is 0 Å². The van der Waals surface area contributed by atoms with Crippen molar-refractivity contribution in [2.24, 2.45) is 0 Å². The molecule has 0 spiro atoms. The van der Waals surface area contributed by atoms with E-state index < -0.39 is 5.60 Å². The molecule has 1 unspecified atom stereocenters. The average Bonchev–Trinajstić information content (AvgIpc) is 2.97. The van der Waals surface area contributed by atoms with Crippen LogP contribution in [0, 0.1) is 0 Å². The molecular weight excluding hydrogens is 450 g/mol. The number of allylic oxidation sites excluding steroid dienone is 1. The van der Waals surface area contributed by atoms with Gasteiger partial charge in [0, 0.05) is 23.6 Å². The molecule has 0 aliphatic heterocycles. The second kappa shape index (κ2) is 9.65. The molecule has 0 bridgehead atoms. The summed E-state index contributed by atoms with van der Waals surface area (Å²) in [6.45, 7) is 2.24. The van der Waals surface area contributed by atoms with E-state index in [2.05, 4.69) is 79.7 Å². The van der Waals surface area contributed by atoms with E-state index in [0.717, 1.165) is 22.5 Å². The van der Waals surface area contributed by atoms with Gasteiger partial charge in [0.1, 0.15) is 5.60 Å². The van der Waals surface area contributed by atoms with Crippen LogP contribution in [0.25, 0.3) is 11.1 Å². The minimum Gasteiger partial charge on any atom is -0.380 e. The minimum absolute atomic E-state index is 0.201. The summed E-state index contributed by atoms with van der Waals surface area (Å²) in [7, 11) is 0. The van der Waals surface area contributed by atoms with Gasteiger partial charge < -0.3 is 5.11 Å². The molecule has 0 fully saturated rings. The third-order valence-corrected chi connectivity index (χ3v) is 7.45. The summed E-state index contributed by atoms with van der Waals surface area (Å²) in [6, 6.07) is 45.3. The number of benzene rings is 4. The minimum atomic E-state index is -1.16. The molecule has 37 heavy (non-hydrogen) atoms. The largest absolute Gasteiger partial charge is 0.380 e. The molecular formula is C35H29NO. The van der Waals surface area contributed by atoms with Crippen molar-refractivity contribution in [2.45, 2.75) is 24.9 Å². The molecule has 1 atom stereocenters. The third-order valence-electron chi connectivity index (χ3n) is 7.45. The topological polar surface area (TPSA) is 33.1 Å². The maximum atomic E-state index is 12.0. The highest BCUT2D eigenvalue weighted by Gasteiger charge is 2.36. The van der Waals surface area contributed by atoms with Crippen molar-refractivity contribution in [1.82, 2.24) is 4.98 Å². The van der Waals surface area contributed by atoms with Crippen LogP contribution in [0.1, 0.15) is 52.0 Å². The zero-order valence-corrected chi connectivity index (χ0v) is 20.9. The van der Waals surface area contributed by atoms with Crippen molar-refractivity contribution in [2.75, 3.05) is 0 Å². The molecule has 0 saturated heterocycles. The van der Waals surface area contributed by atoms with E-state index in [-0.39, 0.29) is 5.92 Å². The van der Waals surface area contributed by atoms with Crippen LogP contribution in [-0.2, 0) is 12.0 Å². The fourth-order valence-corrected chi connectivity index (χ4v) is 5.56. The number of aliphatic hydroxyl groups is 1. The lowest BCUT2D eigenvalue weighted by atomic mass is 9.72. The average molecular weight is 480 g/mol. The summed E-state index contributed by atoms with van der Waals surface area (Å²) in [5.41, 5.74) is 8.79. The summed E-state index contributed by atoms with van der Waals surface area (Å²) in [6.07, 6.45) is 0.407. The number of rotatable bonds is 6. The Balaban J connectivity index is 1.42. The standard InChI is InChI=1S/C35H29NO/c1-25-32(33(26-14-6-2-7-15-26)27-16-8-3-9-17-27)31-23-22-30(36-34(25)31)24-35(37,28-18-10-4-11-19-28)29-20-12-5-13-21-29/h2-23,25,37H,24H2,1H3. The van der Waals surface area contributed by atoms with E-state index in [9.17, 15) is 5.11 Å². The molecule has 1 aliphatic carbocycles. The monoisotopic (exact) mass is 479 g/mol. The summed E-state index contributed by atoms with van der Waals surface area (Å²) in [5, 5.41) is 12.0. The molecule has 2 nitrogen and oxygen atoms in total. The summed E-state index contributed by atoms with van der Waals surface area (Å²) in [4.78, 5) is 5.10. The molecule has 1 aromatic heterocycles. The Bertz CT molecular complexity index is 1460. The fraction of sp³-hybridized carbons (Fsp3) is 0.114. The molecule has 5 aromatic rings. The van der Waals surface area contributed by atoms with Gasteiger partial charge in [0.2, 0.25) is 0 Å². The van der Waals surface area contributed by atoms with E-state index in [0.29, 0.717) is 6.42 Å². The molecule has 1 heterocycles. The van der Waals surface area contributed by atoms with Gasteiger partial charge in [-0.2, -0.15) is 0 Å². The number of hydrogen-bond acceptors (Lipinski definition) is 2. The van der Waals surface area contributed by atoms with Crippen LogP contribution < -0.4 is 0 Å². The van der Waals surface area contributed by atoms with E-state index in [1.54, 1.807) is 0 Å². The van der Waals surface area contributed by atoms with Gasteiger partial charge in [-0.05, 0) is 39.5 Å². The Morgan fingerprint density at radius 2 is 1.11 bits per heavy atom. The van der Waals surface area contributed by atoms with Gasteiger partial charge in [-0.1, -0.05) is 134 Å². The Morgan fingerprint density at radius 1 is 0.649 bits per heavy atom. The number of aromatic nitrogens is 1. The number of nitrogens with zero attached hydrogens (tertiary/aromatic N) is 1. The fourth-order valence-electron chi connectivity index (χ4n) is 5.56. The first-order valence-corrected chi connectivity index (χ1v) is 12.8. The van der Waals surface area contributed by atoms with Crippen LogP contribution in [0.15, 0.2) is 133 Å². The van der Waals surface area contributed by atoms with Crippen molar-refractivity contribution >= 4 is 11.1 Å². The summed E-state index contributed by atoms with van der Waals surface area (Å²) >= 11 is 0. The quantitative estimate of drug-likeness (QED) is 0.271. The van der Waals surface area contributed by atoms with Crippen LogP contribution in [0.2, 0.25) is 0 Å². The van der Waals surface area contributed by atoms with Crippen molar-refractivity contribution in [3.63, 3.8) is 0 Å². The van der Waals surface area contributed by atoms with Crippen molar-refractivity contribution < 1.29 is 5.11 Å². The van der Waals surface area contributed by atoms with E-state index in [4.69, 9.17) is 4.98 Å². The normalized spacial score (nSPS) is 14.5. The molecule has 6 rings (SSSR count). The summed E-state index contributed by atoms with van der Waals surface area (Å²) < 4.78 is 0. The third kappa shape index (κ3) is 4.20. The first kappa shape index (κ1) is 23.1. The number of pyridine rings is 1. The van der Waals surface area contributed by atoms with Gasteiger partial charge in [0.25, 0.3) is 0 Å². The Labute approximate surface area is 218 Å². The highest BCUT2D eigenvalue weighted by molar-refractivity contribution is 6.04. The second-order valence-electron chi connectivity index (χ2n) is 9.75. The molecule has 2 heteroatoms. The number of fused-ring (bicyclic) bond motifs is 1. The smallest absolute Gasteiger partial charge is 0.120 e. The van der Waals surface area contributed by atoms with Crippen LogP contribution in [0.3, 0.4) is 0 Å². The van der Waals surface area contributed by atoms with E-state index >= 15 is 0 Å². The maximum absolute atomic E-state index is 12.0. The molecule has 1 aliphatic rings. The maximum Gasteiger partial charge on any atom is 0.120 e.